The Morgan fingerprint density at radius 3 is 1.65 bits per heavy atom. The van der Waals surface area contributed by atoms with Crippen LogP contribution in [0.15, 0.2) is 0 Å². The zero-order chi connectivity index (χ0) is 17.8. The molecule has 0 aromatic heterocycles. The SMILES string of the molecule is CCC(=O)NCC(=O)NCC(NC(=O)CNC(=O)CC)C(C)=O. The molecule has 4 N–H and O–H groups in total. The topological polar surface area (TPSA) is 133 Å². The second kappa shape index (κ2) is 11.2. The van der Waals surface area contributed by atoms with Crippen molar-refractivity contribution in [3.63, 3.8) is 0 Å². The molecule has 0 aliphatic rings. The van der Waals surface area contributed by atoms with Crippen molar-refractivity contribution in [3.05, 3.63) is 0 Å². The molecule has 0 saturated heterocycles. The maximum atomic E-state index is 11.6. The Hall–Kier alpha value is -2.45. The van der Waals surface area contributed by atoms with E-state index in [9.17, 15) is 24.0 Å². The van der Waals surface area contributed by atoms with Crippen LogP contribution in [0.25, 0.3) is 0 Å². The maximum Gasteiger partial charge on any atom is 0.240 e. The van der Waals surface area contributed by atoms with Crippen LogP contribution in [0, 0.1) is 0 Å². The van der Waals surface area contributed by atoms with Gasteiger partial charge in [0.1, 0.15) is 6.04 Å². The molecule has 0 spiro atoms. The first-order chi connectivity index (χ1) is 10.8. The van der Waals surface area contributed by atoms with Crippen molar-refractivity contribution in [2.75, 3.05) is 19.6 Å². The first-order valence-corrected chi connectivity index (χ1v) is 7.40. The van der Waals surface area contributed by atoms with Gasteiger partial charge in [-0.15, -0.1) is 0 Å². The summed E-state index contributed by atoms with van der Waals surface area (Å²) in [6.45, 7) is 4.06. The Morgan fingerprint density at radius 1 is 0.739 bits per heavy atom. The largest absolute Gasteiger partial charge is 0.352 e. The lowest BCUT2D eigenvalue weighted by molar-refractivity contribution is -0.129. The van der Waals surface area contributed by atoms with Gasteiger partial charge in [-0.1, -0.05) is 13.8 Å². The molecule has 0 heterocycles. The average Bonchev–Trinajstić information content (AvgIpc) is 2.53. The fourth-order valence-electron chi connectivity index (χ4n) is 1.43. The van der Waals surface area contributed by atoms with Gasteiger partial charge in [0, 0.05) is 19.4 Å². The third-order valence-electron chi connectivity index (χ3n) is 2.86. The Labute approximate surface area is 134 Å². The van der Waals surface area contributed by atoms with Crippen LogP contribution in [0.2, 0.25) is 0 Å². The van der Waals surface area contributed by atoms with E-state index >= 15 is 0 Å². The van der Waals surface area contributed by atoms with Crippen LogP contribution in [-0.4, -0.2) is 55.1 Å². The molecular weight excluding hydrogens is 304 g/mol. The highest BCUT2D eigenvalue weighted by Gasteiger charge is 2.18. The predicted octanol–water partition coefficient (Wildman–Crippen LogP) is -1.77. The summed E-state index contributed by atoms with van der Waals surface area (Å²) in [7, 11) is 0. The van der Waals surface area contributed by atoms with E-state index in [1.165, 1.54) is 6.92 Å². The molecule has 0 aromatic rings. The van der Waals surface area contributed by atoms with E-state index in [1.54, 1.807) is 13.8 Å². The normalized spacial score (nSPS) is 11.1. The van der Waals surface area contributed by atoms with Crippen LogP contribution < -0.4 is 21.3 Å². The number of carbonyl (C=O) groups excluding carboxylic acids is 5. The average molecular weight is 328 g/mol. The summed E-state index contributed by atoms with van der Waals surface area (Å²) in [6.07, 6.45) is 0.520. The summed E-state index contributed by atoms with van der Waals surface area (Å²) < 4.78 is 0. The van der Waals surface area contributed by atoms with Gasteiger partial charge in [0.15, 0.2) is 5.78 Å². The van der Waals surface area contributed by atoms with Crippen LogP contribution >= 0.6 is 0 Å². The lowest BCUT2D eigenvalue weighted by Gasteiger charge is -2.17. The van der Waals surface area contributed by atoms with Crippen molar-refractivity contribution in [3.8, 4) is 0 Å². The Bertz CT molecular complexity index is 464. The summed E-state index contributed by atoms with van der Waals surface area (Å²) in [6, 6.07) is -0.896. The summed E-state index contributed by atoms with van der Waals surface area (Å²) in [5.74, 6) is -1.87. The quantitative estimate of drug-likeness (QED) is 0.376. The summed E-state index contributed by atoms with van der Waals surface area (Å²) in [5, 5.41) is 9.65. The maximum absolute atomic E-state index is 11.6. The lowest BCUT2D eigenvalue weighted by atomic mass is 10.2. The number of rotatable bonds is 10. The molecule has 23 heavy (non-hydrogen) atoms. The second-order valence-electron chi connectivity index (χ2n) is 4.80. The third kappa shape index (κ3) is 9.99. The molecule has 9 nitrogen and oxygen atoms in total. The van der Waals surface area contributed by atoms with E-state index in [4.69, 9.17) is 0 Å². The molecule has 1 unspecified atom stereocenters. The standard InChI is InChI=1S/C14H24N4O5/c1-4-11(20)16-7-13(22)15-6-10(9(3)19)18-14(23)8-17-12(21)5-2/h10H,4-8H2,1-3H3,(H,15,22)(H,16,20)(H,17,21)(H,18,23). The van der Waals surface area contributed by atoms with Gasteiger partial charge in [0.05, 0.1) is 13.1 Å². The number of hydrogen-bond acceptors (Lipinski definition) is 5. The molecule has 130 valence electrons. The van der Waals surface area contributed by atoms with Crippen molar-refractivity contribution in [2.24, 2.45) is 0 Å². The highest BCUT2D eigenvalue weighted by Crippen LogP contribution is 1.86. The Kier molecular flexibility index (Phi) is 9.97. The molecule has 0 aliphatic carbocycles. The molecule has 0 saturated carbocycles. The second-order valence-corrected chi connectivity index (χ2v) is 4.80. The Morgan fingerprint density at radius 2 is 1.22 bits per heavy atom. The van der Waals surface area contributed by atoms with Gasteiger partial charge in [-0.05, 0) is 6.92 Å². The van der Waals surface area contributed by atoms with Crippen molar-refractivity contribution < 1.29 is 24.0 Å². The minimum absolute atomic E-state index is 0.0936. The number of carbonyl (C=O) groups is 5. The minimum atomic E-state index is -0.896. The van der Waals surface area contributed by atoms with Crippen LogP contribution in [0.1, 0.15) is 33.6 Å². The highest BCUT2D eigenvalue weighted by molar-refractivity contribution is 5.91. The van der Waals surface area contributed by atoms with Gasteiger partial charge in [0.25, 0.3) is 0 Å². The fourth-order valence-corrected chi connectivity index (χ4v) is 1.43. The van der Waals surface area contributed by atoms with Crippen LogP contribution in [0.5, 0.6) is 0 Å². The molecule has 4 amide bonds. The number of Topliss-reactive ketones (excluding diaryl/α,β-unsaturated/α-hetero) is 1. The smallest absolute Gasteiger partial charge is 0.240 e. The molecule has 0 rings (SSSR count). The zero-order valence-corrected chi connectivity index (χ0v) is 13.7. The highest BCUT2D eigenvalue weighted by atomic mass is 16.2. The van der Waals surface area contributed by atoms with E-state index in [1.807, 2.05) is 0 Å². The van der Waals surface area contributed by atoms with E-state index in [0.29, 0.717) is 0 Å². The van der Waals surface area contributed by atoms with E-state index in [0.717, 1.165) is 0 Å². The van der Waals surface area contributed by atoms with E-state index in [-0.39, 0.29) is 50.1 Å². The number of hydrogen-bond donors (Lipinski definition) is 4. The molecule has 0 bridgehead atoms. The molecule has 1 atom stereocenters. The van der Waals surface area contributed by atoms with E-state index < -0.39 is 17.9 Å². The third-order valence-corrected chi connectivity index (χ3v) is 2.86. The summed E-state index contributed by atoms with van der Waals surface area (Å²) in [5.41, 5.74) is 0. The first kappa shape index (κ1) is 20.6. The molecule has 9 heteroatoms. The van der Waals surface area contributed by atoms with Crippen molar-refractivity contribution in [2.45, 2.75) is 39.7 Å². The number of ketones is 1. The van der Waals surface area contributed by atoms with Gasteiger partial charge < -0.3 is 21.3 Å². The fraction of sp³-hybridized carbons (Fsp3) is 0.643. The summed E-state index contributed by atoms with van der Waals surface area (Å²) >= 11 is 0. The molecule has 0 fully saturated rings. The van der Waals surface area contributed by atoms with Gasteiger partial charge in [-0.3, -0.25) is 24.0 Å². The molecule has 0 aliphatic heterocycles. The monoisotopic (exact) mass is 328 g/mol. The Balaban J connectivity index is 4.23. The van der Waals surface area contributed by atoms with Crippen molar-refractivity contribution >= 4 is 29.4 Å². The van der Waals surface area contributed by atoms with E-state index in [2.05, 4.69) is 21.3 Å². The van der Waals surface area contributed by atoms with Gasteiger partial charge in [0.2, 0.25) is 23.6 Å². The van der Waals surface area contributed by atoms with Gasteiger partial charge in [-0.25, -0.2) is 0 Å². The molecule has 0 aromatic carbocycles. The molecular formula is C14H24N4O5. The van der Waals surface area contributed by atoms with Crippen molar-refractivity contribution in [1.82, 2.24) is 21.3 Å². The lowest BCUT2D eigenvalue weighted by Crippen LogP contribution is -2.51. The summed E-state index contributed by atoms with van der Waals surface area (Å²) in [4.78, 5) is 56.7. The van der Waals surface area contributed by atoms with Crippen LogP contribution in [0.3, 0.4) is 0 Å². The predicted molar refractivity (Wildman–Crippen MR) is 82.2 cm³/mol. The van der Waals surface area contributed by atoms with Gasteiger partial charge in [-0.2, -0.15) is 0 Å². The first-order valence-electron chi connectivity index (χ1n) is 7.40. The minimum Gasteiger partial charge on any atom is -0.352 e. The van der Waals surface area contributed by atoms with Crippen LogP contribution in [-0.2, 0) is 24.0 Å². The van der Waals surface area contributed by atoms with Gasteiger partial charge >= 0.3 is 0 Å². The van der Waals surface area contributed by atoms with Crippen LogP contribution in [0.4, 0.5) is 0 Å². The number of amides is 4. The van der Waals surface area contributed by atoms with Crippen molar-refractivity contribution in [1.29, 1.82) is 0 Å². The number of nitrogens with one attached hydrogen (secondary N) is 4. The zero-order valence-electron chi connectivity index (χ0n) is 13.7. The molecule has 0 radical (unpaired) electrons.